The van der Waals surface area contributed by atoms with Gasteiger partial charge in [-0.1, -0.05) is 25.5 Å². The first-order chi connectivity index (χ1) is 8.74. The fourth-order valence-electron chi connectivity index (χ4n) is 2.01. The van der Waals surface area contributed by atoms with Crippen LogP contribution in [0.2, 0.25) is 0 Å². The summed E-state index contributed by atoms with van der Waals surface area (Å²) in [4.78, 5) is 0. The number of aromatic nitrogens is 2. The molecule has 1 aromatic carbocycles. The maximum atomic E-state index is 12.8. The summed E-state index contributed by atoms with van der Waals surface area (Å²) in [6.45, 7) is 2.71. The molecule has 96 valence electrons. The minimum atomic E-state index is -0.232. The van der Waals surface area contributed by atoms with Crippen LogP contribution in [0, 0.1) is 5.82 Å². The second kappa shape index (κ2) is 5.78. The predicted octanol–water partition coefficient (Wildman–Crippen LogP) is 2.52. The summed E-state index contributed by atoms with van der Waals surface area (Å²) in [5, 5.41) is 13.5. The molecule has 1 aromatic heterocycles. The Morgan fingerprint density at radius 2 is 2.00 bits per heavy atom. The molecule has 2 rings (SSSR count). The quantitative estimate of drug-likeness (QED) is 0.883. The highest BCUT2D eigenvalue weighted by Gasteiger charge is 2.09. The number of aliphatic hydroxyl groups is 1. The van der Waals surface area contributed by atoms with E-state index in [1.807, 2.05) is 4.68 Å². The van der Waals surface area contributed by atoms with Crippen molar-refractivity contribution in [1.82, 2.24) is 9.78 Å². The number of benzene rings is 1. The monoisotopic (exact) mass is 248 g/mol. The van der Waals surface area contributed by atoms with Crippen LogP contribution in [0.4, 0.5) is 4.39 Å². The van der Waals surface area contributed by atoms with Gasteiger partial charge in [0.15, 0.2) is 0 Å². The Hall–Kier alpha value is -1.68. The second-order valence-electron chi connectivity index (χ2n) is 4.31. The SMILES string of the molecule is CCCc1c(CO)cnn1Cc1ccc(F)cc1. The molecule has 0 amide bonds. The van der Waals surface area contributed by atoms with Crippen molar-refractivity contribution < 1.29 is 9.50 Å². The highest BCUT2D eigenvalue weighted by Crippen LogP contribution is 2.13. The summed E-state index contributed by atoms with van der Waals surface area (Å²) in [5.41, 5.74) is 2.93. The van der Waals surface area contributed by atoms with Gasteiger partial charge in [0.2, 0.25) is 0 Å². The van der Waals surface area contributed by atoms with Crippen molar-refractivity contribution in [3.8, 4) is 0 Å². The van der Waals surface area contributed by atoms with Crippen LogP contribution in [0.1, 0.15) is 30.2 Å². The molecule has 1 N–H and O–H groups in total. The zero-order valence-corrected chi connectivity index (χ0v) is 10.4. The van der Waals surface area contributed by atoms with Gasteiger partial charge in [0.25, 0.3) is 0 Å². The summed E-state index contributed by atoms with van der Waals surface area (Å²) < 4.78 is 14.7. The minimum absolute atomic E-state index is 0.0126. The molecule has 0 aliphatic carbocycles. The molecule has 4 heteroatoms. The van der Waals surface area contributed by atoms with Crippen molar-refractivity contribution in [2.75, 3.05) is 0 Å². The van der Waals surface area contributed by atoms with Crippen LogP contribution in [0.5, 0.6) is 0 Å². The van der Waals surface area contributed by atoms with Gasteiger partial charge in [-0.15, -0.1) is 0 Å². The summed E-state index contributed by atoms with van der Waals surface area (Å²) in [6.07, 6.45) is 3.59. The first kappa shape index (κ1) is 12.8. The summed E-state index contributed by atoms with van der Waals surface area (Å²) in [6, 6.07) is 6.41. The van der Waals surface area contributed by atoms with Gasteiger partial charge in [0.1, 0.15) is 5.82 Å². The van der Waals surface area contributed by atoms with Crippen molar-refractivity contribution in [3.05, 3.63) is 53.1 Å². The molecule has 0 unspecified atom stereocenters. The van der Waals surface area contributed by atoms with Gasteiger partial charge in [-0.2, -0.15) is 5.10 Å². The van der Waals surface area contributed by atoms with Crippen LogP contribution in [-0.2, 0) is 19.6 Å². The average molecular weight is 248 g/mol. The fraction of sp³-hybridized carbons (Fsp3) is 0.357. The summed E-state index contributed by atoms with van der Waals surface area (Å²) in [7, 11) is 0. The van der Waals surface area contributed by atoms with Gasteiger partial charge < -0.3 is 5.11 Å². The Morgan fingerprint density at radius 1 is 1.28 bits per heavy atom. The van der Waals surface area contributed by atoms with Crippen molar-refractivity contribution >= 4 is 0 Å². The van der Waals surface area contributed by atoms with Gasteiger partial charge in [0, 0.05) is 11.3 Å². The number of rotatable bonds is 5. The third kappa shape index (κ3) is 2.76. The molecule has 1 heterocycles. The molecule has 0 aliphatic heterocycles. The van der Waals surface area contributed by atoms with Crippen LogP contribution in [0.15, 0.2) is 30.5 Å². The third-order valence-electron chi connectivity index (χ3n) is 2.94. The van der Waals surface area contributed by atoms with E-state index in [-0.39, 0.29) is 12.4 Å². The van der Waals surface area contributed by atoms with E-state index in [1.54, 1.807) is 18.3 Å². The van der Waals surface area contributed by atoms with Crippen molar-refractivity contribution in [2.45, 2.75) is 32.9 Å². The van der Waals surface area contributed by atoms with E-state index in [4.69, 9.17) is 0 Å². The Kier molecular flexibility index (Phi) is 4.10. The number of hydrogen-bond acceptors (Lipinski definition) is 2. The molecule has 0 aliphatic rings. The van der Waals surface area contributed by atoms with Gasteiger partial charge in [0.05, 0.1) is 19.3 Å². The standard InChI is InChI=1S/C14H17FN2O/c1-2-3-14-12(10-18)8-16-17(14)9-11-4-6-13(15)7-5-11/h4-8,18H,2-3,9-10H2,1H3. The molecule has 2 aromatic rings. The molecule has 0 fully saturated rings. The second-order valence-corrected chi connectivity index (χ2v) is 4.31. The molecule has 3 nitrogen and oxygen atoms in total. The van der Waals surface area contributed by atoms with E-state index in [2.05, 4.69) is 12.0 Å². The summed E-state index contributed by atoms with van der Waals surface area (Å²) in [5.74, 6) is -0.232. The smallest absolute Gasteiger partial charge is 0.123 e. The predicted molar refractivity (Wildman–Crippen MR) is 67.6 cm³/mol. The molecule has 0 bridgehead atoms. The fourth-order valence-corrected chi connectivity index (χ4v) is 2.01. The van der Waals surface area contributed by atoms with Crippen LogP contribution in [0.25, 0.3) is 0 Å². The zero-order valence-electron chi connectivity index (χ0n) is 10.4. The molecule has 0 atom stereocenters. The Balaban J connectivity index is 2.22. The first-order valence-corrected chi connectivity index (χ1v) is 6.13. The van der Waals surface area contributed by atoms with E-state index < -0.39 is 0 Å². The number of aliphatic hydroxyl groups excluding tert-OH is 1. The lowest BCUT2D eigenvalue weighted by Gasteiger charge is -2.08. The van der Waals surface area contributed by atoms with Crippen LogP contribution >= 0.6 is 0 Å². The van der Waals surface area contributed by atoms with Gasteiger partial charge in [-0.25, -0.2) is 4.39 Å². The third-order valence-corrected chi connectivity index (χ3v) is 2.94. The zero-order chi connectivity index (χ0) is 13.0. The number of halogens is 1. The first-order valence-electron chi connectivity index (χ1n) is 6.13. The van der Waals surface area contributed by atoms with Crippen LogP contribution in [-0.4, -0.2) is 14.9 Å². The number of nitrogens with zero attached hydrogens (tertiary/aromatic N) is 2. The highest BCUT2D eigenvalue weighted by atomic mass is 19.1. The van der Waals surface area contributed by atoms with E-state index >= 15 is 0 Å². The lowest BCUT2D eigenvalue weighted by Crippen LogP contribution is -2.07. The molecular formula is C14H17FN2O. The summed E-state index contributed by atoms with van der Waals surface area (Å²) >= 11 is 0. The molecular weight excluding hydrogens is 231 g/mol. The highest BCUT2D eigenvalue weighted by molar-refractivity contribution is 5.21. The van der Waals surface area contributed by atoms with Gasteiger partial charge >= 0.3 is 0 Å². The topological polar surface area (TPSA) is 38.1 Å². The minimum Gasteiger partial charge on any atom is -0.392 e. The Morgan fingerprint density at radius 3 is 2.61 bits per heavy atom. The van der Waals surface area contributed by atoms with Crippen LogP contribution < -0.4 is 0 Å². The van der Waals surface area contributed by atoms with Gasteiger partial charge in [-0.05, 0) is 24.1 Å². The van der Waals surface area contributed by atoms with Gasteiger partial charge in [-0.3, -0.25) is 4.68 Å². The molecule has 0 saturated carbocycles. The number of hydrogen-bond donors (Lipinski definition) is 1. The van der Waals surface area contributed by atoms with E-state index in [9.17, 15) is 9.50 Å². The maximum absolute atomic E-state index is 12.8. The van der Waals surface area contributed by atoms with E-state index in [0.717, 1.165) is 29.7 Å². The Bertz CT molecular complexity index is 505. The molecule has 0 spiro atoms. The average Bonchev–Trinajstić information content (AvgIpc) is 2.75. The normalized spacial score (nSPS) is 10.8. The van der Waals surface area contributed by atoms with Crippen molar-refractivity contribution in [3.63, 3.8) is 0 Å². The van der Waals surface area contributed by atoms with Crippen molar-refractivity contribution in [1.29, 1.82) is 0 Å². The Labute approximate surface area is 106 Å². The van der Waals surface area contributed by atoms with E-state index in [0.29, 0.717) is 6.54 Å². The molecule has 0 radical (unpaired) electrons. The molecule has 18 heavy (non-hydrogen) atoms. The van der Waals surface area contributed by atoms with Crippen LogP contribution in [0.3, 0.4) is 0 Å². The van der Waals surface area contributed by atoms with Crippen molar-refractivity contribution in [2.24, 2.45) is 0 Å². The largest absolute Gasteiger partial charge is 0.392 e. The lowest BCUT2D eigenvalue weighted by atomic mass is 10.1. The maximum Gasteiger partial charge on any atom is 0.123 e. The van der Waals surface area contributed by atoms with E-state index in [1.165, 1.54) is 12.1 Å². The molecule has 0 saturated heterocycles. The lowest BCUT2D eigenvalue weighted by molar-refractivity contribution is 0.280.